The molecule has 0 spiro atoms. The first-order valence-corrected chi connectivity index (χ1v) is 11.0. The molecule has 5 heteroatoms. The molecule has 0 aliphatic carbocycles. The first-order valence-electron chi connectivity index (χ1n) is 11.0. The van der Waals surface area contributed by atoms with E-state index >= 15 is 0 Å². The van der Waals surface area contributed by atoms with E-state index in [-0.39, 0.29) is 29.2 Å². The molecule has 0 fully saturated rings. The fraction of sp³-hybridized carbons (Fsp3) is 0.462. The summed E-state index contributed by atoms with van der Waals surface area (Å²) in [7, 11) is 4.15. The molecule has 0 unspecified atom stereocenters. The van der Waals surface area contributed by atoms with Crippen molar-refractivity contribution in [3.63, 3.8) is 0 Å². The molecule has 2 amide bonds. The Kier molecular flexibility index (Phi) is 8.40. The summed E-state index contributed by atoms with van der Waals surface area (Å²) in [5.41, 5.74) is 2.93. The topological polar surface area (TPSA) is 62.6 Å². The smallest absolute Gasteiger partial charge is 0.251 e. The zero-order chi connectivity index (χ0) is 23.2. The number of rotatable bonds is 8. The number of hydrogen-bond acceptors (Lipinski definition) is 2. The lowest BCUT2D eigenvalue weighted by Crippen LogP contribution is -3.07. The Morgan fingerprint density at radius 1 is 0.935 bits per heavy atom. The maximum atomic E-state index is 13.0. The molecule has 0 saturated heterocycles. The van der Waals surface area contributed by atoms with Gasteiger partial charge in [0.2, 0.25) is 5.91 Å². The lowest BCUT2D eigenvalue weighted by Gasteiger charge is -2.25. The van der Waals surface area contributed by atoms with Crippen molar-refractivity contribution < 1.29 is 14.5 Å². The number of nitrogens with one attached hydrogen (secondary N) is 3. The minimum atomic E-state index is -0.594. The van der Waals surface area contributed by atoms with E-state index in [1.807, 2.05) is 56.3 Å². The Hall–Kier alpha value is -2.66. The summed E-state index contributed by atoms with van der Waals surface area (Å²) >= 11 is 0. The van der Waals surface area contributed by atoms with Gasteiger partial charge in [-0.05, 0) is 29.0 Å². The summed E-state index contributed by atoms with van der Waals surface area (Å²) in [6.07, 6.45) is 0. The van der Waals surface area contributed by atoms with Gasteiger partial charge in [0.1, 0.15) is 12.1 Å². The number of carbonyl (C=O) groups is 2. The third-order valence-corrected chi connectivity index (χ3v) is 5.63. The van der Waals surface area contributed by atoms with Gasteiger partial charge in [-0.3, -0.25) is 9.59 Å². The highest BCUT2D eigenvalue weighted by atomic mass is 16.2. The lowest BCUT2D eigenvalue weighted by molar-refractivity contribution is -0.890. The predicted molar refractivity (Wildman–Crippen MR) is 126 cm³/mol. The first-order chi connectivity index (χ1) is 14.5. The van der Waals surface area contributed by atoms with Crippen LogP contribution >= 0.6 is 0 Å². The van der Waals surface area contributed by atoms with Crippen molar-refractivity contribution in [1.82, 2.24) is 10.6 Å². The molecule has 0 saturated carbocycles. The number of amides is 2. The van der Waals surface area contributed by atoms with Crippen LogP contribution in [0.5, 0.6) is 0 Å². The van der Waals surface area contributed by atoms with E-state index < -0.39 is 6.04 Å². The number of hydrogen-bond donors (Lipinski definition) is 3. The van der Waals surface area contributed by atoms with E-state index in [1.165, 1.54) is 16.0 Å². The Balaban J connectivity index is 2.05. The largest absolute Gasteiger partial charge is 0.348 e. The van der Waals surface area contributed by atoms with Gasteiger partial charge in [0, 0.05) is 11.1 Å². The zero-order valence-corrected chi connectivity index (χ0v) is 20.0. The van der Waals surface area contributed by atoms with Crippen molar-refractivity contribution in [2.75, 3.05) is 20.6 Å². The summed E-state index contributed by atoms with van der Waals surface area (Å²) < 4.78 is 0. The SMILES string of the molecule is CC(C)[C@@H](NC(=O)c1ccc(C(C)(C)C)cc1)C(=O)NC[C@@H](c1ccccc1)[NH+](C)C. The van der Waals surface area contributed by atoms with Crippen LogP contribution in [0.15, 0.2) is 54.6 Å². The summed E-state index contributed by atoms with van der Waals surface area (Å²) in [6, 6.07) is 17.3. The van der Waals surface area contributed by atoms with Gasteiger partial charge in [-0.2, -0.15) is 0 Å². The second-order valence-electron chi connectivity index (χ2n) is 9.81. The molecular weight excluding hydrogens is 386 g/mol. The van der Waals surface area contributed by atoms with Crippen LogP contribution in [0.25, 0.3) is 0 Å². The number of quaternary nitrogens is 1. The zero-order valence-electron chi connectivity index (χ0n) is 20.0. The number of likely N-dealkylation sites (N-methyl/N-ethyl adjacent to an activating group) is 1. The van der Waals surface area contributed by atoms with E-state index in [0.717, 1.165) is 0 Å². The summed E-state index contributed by atoms with van der Waals surface area (Å²) in [4.78, 5) is 27.0. The van der Waals surface area contributed by atoms with Gasteiger partial charge in [-0.15, -0.1) is 0 Å². The van der Waals surface area contributed by atoms with Crippen LogP contribution in [0.4, 0.5) is 0 Å². The fourth-order valence-corrected chi connectivity index (χ4v) is 3.53. The van der Waals surface area contributed by atoms with Crippen molar-refractivity contribution in [1.29, 1.82) is 0 Å². The highest BCUT2D eigenvalue weighted by Gasteiger charge is 2.27. The summed E-state index contributed by atoms with van der Waals surface area (Å²) in [5, 5.41) is 5.98. The van der Waals surface area contributed by atoms with Crippen molar-refractivity contribution in [2.24, 2.45) is 5.92 Å². The highest BCUT2D eigenvalue weighted by Crippen LogP contribution is 2.22. The minimum Gasteiger partial charge on any atom is -0.348 e. The van der Waals surface area contributed by atoms with E-state index in [2.05, 4.69) is 57.6 Å². The number of carbonyl (C=O) groups excluding carboxylic acids is 2. The maximum absolute atomic E-state index is 13.0. The van der Waals surface area contributed by atoms with Gasteiger partial charge in [0.25, 0.3) is 5.91 Å². The second-order valence-corrected chi connectivity index (χ2v) is 9.81. The van der Waals surface area contributed by atoms with Crippen LogP contribution in [0.2, 0.25) is 0 Å². The van der Waals surface area contributed by atoms with Gasteiger partial charge >= 0.3 is 0 Å². The Morgan fingerprint density at radius 3 is 2.00 bits per heavy atom. The molecule has 168 valence electrons. The van der Waals surface area contributed by atoms with Crippen LogP contribution in [0.3, 0.4) is 0 Å². The molecule has 2 aromatic carbocycles. The molecule has 31 heavy (non-hydrogen) atoms. The molecule has 0 heterocycles. The van der Waals surface area contributed by atoms with E-state index in [4.69, 9.17) is 0 Å². The van der Waals surface area contributed by atoms with Crippen molar-refractivity contribution in [3.8, 4) is 0 Å². The number of benzene rings is 2. The van der Waals surface area contributed by atoms with E-state index in [0.29, 0.717) is 12.1 Å². The second kappa shape index (κ2) is 10.6. The van der Waals surface area contributed by atoms with Gasteiger partial charge in [0.05, 0.1) is 20.6 Å². The molecule has 3 N–H and O–H groups in total. The Bertz CT molecular complexity index is 852. The van der Waals surface area contributed by atoms with Gasteiger partial charge in [-0.1, -0.05) is 77.1 Å². The minimum absolute atomic E-state index is 0.0269. The van der Waals surface area contributed by atoms with Crippen LogP contribution in [0, 0.1) is 5.92 Å². The molecule has 2 aromatic rings. The molecule has 2 atom stereocenters. The third-order valence-electron chi connectivity index (χ3n) is 5.63. The molecular formula is C26H38N3O2+. The van der Waals surface area contributed by atoms with Crippen molar-refractivity contribution >= 4 is 11.8 Å². The molecule has 2 rings (SSSR count). The van der Waals surface area contributed by atoms with Crippen LogP contribution in [-0.4, -0.2) is 38.5 Å². The van der Waals surface area contributed by atoms with Crippen molar-refractivity contribution in [3.05, 3.63) is 71.3 Å². The Morgan fingerprint density at radius 2 is 1.52 bits per heavy atom. The average Bonchev–Trinajstić information content (AvgIpc) is 2.71. The molecule has 0 aliphatic rings. The van der Waals surface area contributed by atoms with Gasteiger partial charge < -0.3 is 15.5 Å². The molecule has 0 radical (unpaired) electrons. The van der Waals surface area contributed by atoms with Crippen LogP contribution < -0.4 is 15.5 Å². The molecule has 0 aromatic heterocycles. The van der Waals surface area contributed by atoms with Gasteiger partial charge in [-0.25, -0.2) is 0 Å². The van der Waals surface area contributed by atoms with E-state index in [9.17, 15) is 9.59 Å². The lowest BCUT2D eigenvalue weighted by atomic mass is 9.86. The predicted octanol–water partition coefficient (Wildman–Crippen LogP) is 2.74. The monoisotopic (exact) mass is 424 g/mol. The fourth-order valence-electron chi connectivity index (χ4n) is 3.53. The summed E-state index contributed by atoms with van der Waals surface area (Å²) in [5.74, 6) is -0.413. The third kappa shape index (κ3) is 6.93. The van der Waals surface area contributed by atoms with Gasteiger partial charge in [0.15, 0.2) is 0 Å². The van der Waals surface area contributed by atoms with Crippen molar-refractivity contribution in [2.45, 2.75) is 52.1 Å². The summed E-state index contributed by atoms with van der Waals surface area (Å²) in [6.45, 7) is 10.8. The maximum Gasteiger partial charge on any atom is 0.251 e. The molecule has 0 bridgehead atoms. The van der Waals surface area contributed by atoms with E-state index in [1.54, 1.807) is 0 Å². The quantitative estimate of drug-likeness (QED) is 0.610. The normalized spacial score (nSPS) is 13.7. The average molecular weight is 425 g/mol. The Labute approximate surface area is 187 Å². The first kappa shape index (κ1) is 24.6. The highest BCUT2D eigenvalue weighted by molar-refractivity contribution is 5.97. The standard InChI is InChI=1S/C26H37N3O2/c1-18(2)23(28-24(30)20-13-15-21(16-14-20)26(3,4)5)25(31)27-17-22(29(6)7)19-11-9-8-10-12-19/h8-16,18,22-23H,17H2,1-7H3,(H,27,31)(H,28,30)/p+1/t22-,23+/m0/s1. The van der Waals surface area contributed by atoms with Crippen LogP contribution in [0.1, 0.15) is 62.1 Å². The molecule has 5 nitrogen and oxygen atoms in total. The van der Waals surface area contributed by atoms with Crippen LogP contribution in [-0.2, 0) is 10.2 Å². The molecule has 0 aliphatic heterocycles.